The van der Waals surface area contributed by atoms with E-state index < -0.39 is 4.33 Å². The van der Waals surface area contributed by atoms with Crippen LogP contribution in [0.5, 0.6) is 0 Å². The molecule has 5 rings (SSSR count). The van der Waals surface area contributed by atoms with Crippen LogP contribution in [0, 0.1) is 0 Å². The Morgan fingerprint density at radius 3 is 2.07 bits per heavy atom. The lowest BCUT2D eigenvalue weighted by Gasteiger charge is -2.39. The summed E-state index contributed by atoms with van der Waals surface area (Å²) in [5.74, 6) is 0.499. The summed E-state index contributed by atoms with van der Waals surface area (Å²) in [6.07, 6.45) is 4.08. The minimum atomic E-state index is -0.684. The molecule has 1 fully saturated rings. The van der Waals surface area contributed by atoms with Crippen molar-refractivity contribution < 1.29 is 4.79 Å². The van der Waals surface area contributed by atoms with Gasteiger partial charge in [-0.3, -0.25) is 9.69 Å². The zero-order chi connectivity index (χ0) is 20.4. The van der Waals surface area contributed by atoms with Crippen LogP contribution in [-0.2, 0) is 4.79 Å². The van der Waals surface area contributed by atoms with Crippen LogP contribution >= 0.6 is 23.5 Å². The van der Waals surface area contributed by atoms with Crippen LogP contribution in [0.1, 0.15) is 5.56 Å². The second-order valence-electron chi connectivity index (χ2n) is 6.83. The zero-order valence-electron chi connectivity index (χ0n) is 16.1. The highest BCUT2D eigenvalue weighted by molar-refractivity contribution is 8.27. The lowest BCUT2D eigenvalue weighted by Crippen LogP contribution is -2.51. The topological polar surface area (TPSA) is 35.9 Å². The van der Waals surface area contributed by atoms with Crippen LogP contribution < -0.4 is 9.91 Å². The Morgan fingerprint density at radius 2 is 1.40 bits per heavy atom. The Morgan fingerprint density at radius 1 is 0.800 bits per heavy atom. The van der Waals surface area contributed by atoms with Gasteiger partial charge in [0, 0.05) is 5.69 Å². The normalized spacial score (nSPS) is 21.1. The fraction of sp³-hybridized carbons (Fsp3) is 0.0833. The highest BCUT2D eigenvalue weighted by atomic mass is 32.2. The number of thioether (sulfide) groups is 2. The Kier molecular flexibility index (Phi) is 5.11. The smallest absolute Gasteiger partial charge is 0.243 e. The van der Waals surface area contributed by atoms with E-state index in [9.17, 15) is 4.79 Å². The Hall–Kier alpha value is -2.96. The van der Waals surface area contributed by atoms with E-state index in [1.807, 2.05) is 94.8 Å². The Balaban J connectivity index is 1.57. The van der Waals surface area contributed by atoms with Gasteiger partial charge < -0.3 is 0 Å². The van der Waals surface area contributed by atoms with Gasteiger partial charge in [0.1, 0.15) is 5.04 Å². The summed E-state index contributed by atoms with van der Waals surface area (Å²) in [5.41, 5.74) is 2.95. The molecule has 1 spiro atoms. The lowest BCUT2D eigenvalue weighted by atomic mass is 10.2. The van der Waals surface area contributed by atoms with E-state index in [0.717, 1.165) is 22.0 Å². The fourth-order valence-corrected chi connectivity index (χ4v) is 6.28. The monoisotopic (exact) mass is 429 g/mol. The number of hydrogen-bond acceptors (Lipinski definition) is 5. The van der Waals surface area contributed by atoms with Gasteiger partial charge >= 0.3 is 0 Å². The molecule has 2 aliphatic rings. The molecule has 0 bridgehead atoms. The molecule has 0 saturated carbocycles. The van der Waals surface area contributed by atoms with Crippen molar-refractivity contribution in [3.05, 3.63) is 103 Å². The summed E-state index contributed by atoms with van der Waals surface area (Å²) < 4.78 is -0.684. The van der Waals surface area contributed by atoms with Crippen LogP contribution in [0.15, 0.2) is 102 Å². The first-order chi connectivity index (χ1) is 14.8. The maximum Gasteiger partial charge on any atom is 0.243 e. The van der Waals surface area contributed by atoms with Gasteiger partial charge in [-0.1, -0.05) is 84.6 Å². The van der Waals surface area contributed by atoms with E-state index in [4.69, 9.17) is 5.10 Å². The molecule has 0 aliphatic carbocycles. The van der Waals surface area contributed by atoms with Crippen molar-refractivity contribution in [1.29, 1.82) is 0 Å². The molecular formula is C24H19N3OS2. The molecule has 4 nitrogen and oxygen atoms in total. The third-order valence-electron chi connectivity index (χ3n) is 4.85. The maximum absolute atomic E-state index is 13.0. The molecule has 2 aliphatic heterocycles. The summed E-state index contributed by atoms with van der Waals surface area (Å²) in [5, 5.41) is 7.77. The van der Waals surface area contributed by atoms with Gasteiger partial charge in [0.2, 0.25) is 10.2 Å². The van der Waals surface area contributed by atoms with E-state index in [0.29, 0.717) is 5.75 Å². The summed E-state index contributed by atoms with van der Waals surface area (Å²) in [7, 11) is 0. The van der Waals surface area contributed by atoms with Gasteiger partial charge in [0.25, 0.3) is 0 Å². The predicted molar refractivity (Wildman–Crippen MR) is 129 cm³/mol. The fourth-order valence-electron chi connectivity index (χ4n) is 3.51. The number of carbonyl (C=O) groups is 1. The Bertz CT molecular complexity index is 1100. The minimum Gasteiger partial charge on any atom is -0.273 e. The van der Waals surface area contributed by atoms with Gasteiger partial charge in [0.15, 0.2) is 0 Å². The van der Waals surface area contributed by atoms with E-state index in [1.165, 1.54) is 0 Å². The minimum absolute atomic E-state index is 0.0862. The number of hydrazone groups is 1. The number of carbonyl (C=O) groups excluding carboxylic acids is 1. The van der Waals surface area contributed by atoms with Crippen molar-refractivity contribution in [1.82, 2.24) is 0 Å². The van der Waals surface area contributed by atoms with E-state index in [1.54, 1.807) is 23.5 Å². The highest BCUT2D eigenvalue weighted by Gasteiger charge is 2.56. The molecule has 3 aromatic rings. The largest absolute Gasteiger partial charge is 0.273 e. The van der Waals surface area contributed by atoms with Crippen molar-refractivity contribution in [2.24, 2.45) is 5.10 Å². The van der Waals surface area contributed by atoms with Gasteiger partial charge in [0.05, 0.1) is 11.4 Å². The molecule has 0 aromatic heterocycles. The van der Waals surface area contributed by atoms with Gasteiger partial charge in [-0.15, -0.1) is 0 Å². The summed E-state index contributed by atoms with van der Waals surface area (Å²) in [4.78, 5) is 14.9. The molecule has 30 heavy (non-hydrogen) atoms. The molecule has 6 heteroatoms. The molecule has 2 heterocycles. The second kappa shape index (κ2) is 8.05. The van der Waals surface area contributed by atoms with Gasteiger partial charge in [-0.05, 0) is 47.7 Å². The number of anilines is 2. The molecule has 148 valence electrons. The number of para-hydroxylation sites is 2. The Labute approximate surface area is 184 Å². The number of nitrogens with zero attached hydrogens (tertiary/aromatic N) is 3. The standard InChI is InChI=1S/C24H19N3OS2/c28-23-18-29-24(26(23)20-12-6-2-7-13-20)27(21-14-8-3-9-15-21)25-22(30-24)17-16-19-10-4-1-5-11-19/h1-17H,18H2/b17-16+/t24-/m0/s1. The van der Waals surface area contributed by atoms with Crippen LogP contribution in [0.25, 0.3) is 6.08 Å². The average molecular weight is 430 g/mol. The van der Waals surface area contributed by atoms with E-state index >= 15 is 0 Å². The third kappa shape index (κ3) is 3.42. The van der Waals surface area contributed by atoms with E-state index in [2.05, 4.69) is 18.2 Å². The average Bonchev–Trinajstić information content (AvgIpc) is 3.34. The van der Waals surface area contributed by atoms with Crippen LogP contribution in [0.4, 0.5) is 11.4 Å². The van der Waals surface area contributed by atoms with Crippen LogP contribution in [0.3, 0.4) is 0 Å². The first kappa shape index (κ1) is 19.0. The molecule has 3 aromatic carbocycles. The predicted octanol–water partition coefficient (Wildman–Crippen LogP) is 5.66. The molecular weight excluding hydrogens is 410 g/mol. The summed E-state index contributed by atoms with van der Waals surface area (Å²) in [6, 6.07) is 30.0. The quantitative estimate of drug-likeness (QED) is 0.536. The zero-order valence-corrected chi connectivity index (χ0v) is 17.7. The molecule has 1 amide bonds. The number of amides is 1. The molecule has 1 atom stereocenters. The second-order valence-corrected chi connectivity index (χ2v) is 9.43. The molecule has 1 saturated heterocycles. The highest BCUT2D eigenvalue weighted by Crippen LogP contribution is 2.55. The summed E-state index contributed by atoms with van der Waals surface area (Å²) in [6.45, 7) is 0. The van der Waals surface area contributed by atoms with Crippen molar-refractivity contribution in [2.75, 3.05) is 15.7 Å². The number of benzene rings is 3. The van der Waals surface area contributed by atoms with Crippen LogP contribution in [0.2, 0.25) is 0 Å². The summed E-state index contributed by atoms with van der Waals surface area (Å²) >= 11 is 3.22. The molecule has 0 radical (unpaired) electrons. The lowest BCUT2D eigenvalue weighted by molar-refractivity contribution is -0.115. The maximum atomic E-state index is 13.0. The first-order valence-electron chi connectivity index (χ1n) is 9.64. The molecule has 0 unspecified atom stereocenters. The van der Waals surface area contributed by atoms with Crippen molar-refractivity contribution in [3.63, 3.8) is 0 Å². The van der Waals surface area contributed by atoms with Gasteiger partial charge in [-0.25, -0.2) is 5.01 Å². The third-order valence-corrected chi connectivity index (χ3v) is 7.63. The molecule has 0 N–H and O–H groups in total. The van der Waals surface area contributed by atoms with Gasteiger partial charge in [-0.2, -0.15) is 5.10 Å². The first-order valence-corrected chi connectivity index (χ1v) is 11.4. The van der Waals surface area contributed by atoms with Crippen molar-refractivity contribution in [3.8, 4) is 0 Å². The van der Waals surface area contributed by atoms with Crippen LogP contribution in [-0.4, -0.2) is 21.0 Å². The van der Waals surface area contributed by atoms with Crippen molar-refractivity contribution >= 4 is 51.9 Å². The van der Waals surface area contributed by atoms with E-state index in [-0.39, 0.29) is 5.91 Å². The van der Waals surface area contributed by atoms with Crippen molar-refractivity contribution in [2.45, 2.75) is 4.33 Å². The SMILES string of the molecule is O=C1CS[C@]2(SC(/C=C/c3ccccc3)=NN2c2ccccc2)N1c1ccccc1. The number of hydrogen-bond donors (Lipinski definition) is 0. The number of rotatable bonds is 4.